The first-order valence-corrected chi connectivity index (χ1v) is 5.53. The second-order valence-electron chi connectivity index (χ2n) is 3.98. The minimum atomic E-state index is 0.135. The fraction of sp³-hybridized carbons (Fsp3) is 0.818. The number of ketones is 1. The molecule has 0 aromatic rings. The summed E-state index contributed by atoms with van der Waals surface area (Å²) < 4.78 is 0. The Morgan fingerprint density at radius 3 is 2.86 bits per heavy atom. The summed E-state index contributed by atoms with van der Waals surface area (Å²) in [7, 11) is 0. The van der Waals surface area contributed by atoms with Crippen molar-refractivity contribution in [2.45, 2.75) is 57.9 Å². The van der Waals surface area contributed by atoms with Crippen molar-refractivity contribution < 1.29 is 9.59 Å². The molecule has 1 amide bonds. The number of amides is 1. The quantitative estimate of drug-likeness (QED) is 0.705. The van der Waals surface area contributed by atoms with Crippen LogP contribution in [0.5, 0.6) is 0 Å². The van der Waals surface area contributed by atoms with E-state index in [-0.39, 0.29) is 11.9 Å². The van der Waals surface area contributed by atoms with Crippen LogP contribution < -0.4 is 5.32 Å². The summed E-state index contributed by atoms with van der Waals surface area (Å²) in [5.74, 6) is 0.476. The number of carbonyl (C=O) groups excluding carboxylic acids is 2. The molecule has 1 N–H and O–H groups in total. The van der Waals surface area contributed by atoms with Crippen LogP contribution in [0.3, 0.4) is 0 Å². The summed E-state index contributed by atoms with van der Waals surface area (Å²) in [5, 5.41) is 2.87. The average molecular weight is 197 g/mol. The third-order valence-electron chi connectivity index (χ3n) is 2.67. The zero-order valence-corrected chi connectivity index (χ0v) is 8.84. The maximum absolute atomic E-state index is 11.3. The van der Waals surface area contributed by atoms with Crippen molar-refractivity contribution in [3.63, 3.8) is 0 Å². The van der Waals surface area contributed by atoms with Crippen molar-refractivity contribution in [1.82, 2.24) is 5.32 Å². The lowest BCUT2D eigenvalue weighted by atomic mass is 10.0. The first-order valence-electron chi connectivity index (χ1n) is 5.53. The largest absolute Gasteiger partial charge is 0.353 e. The summed E-state index contributed by atoms with van der Waals surface area (Å²) in [5.41, 5.74) is 0. The van der Waals surface area contributed by atoms with Gasteiger partial charge in [0.05, 0.1) is 0 Å². The second-order valence-corrected chi connectivity index (χ2v) is 3.98. The fourth-order valence-corrected chi connectivity index (χ4v) is 1.73. The molecule has 1 atom stereocenters. The molecule has 14 heavy (non-hydrogen) atoms. The third-order valence-corrected chi connectivity index (χ3v) is 2.67. The van der Waals surface area contributed by atoms with Gasteiger partial charge in [-0.15, -0.1) is 0 Å². The van der Waals surface area contributed by atoms with E-state index in [1.165, 1.54) is 0 Å². The SMILES string of the molecule is CCCCC(=O)CCC1CCC(=O)N1. The van der Waals surface area contributed by atoms with Gasteiger partial charge >= 0.3 is 0 Å². The molecule has 0 saturated carbocycles. The minimum absolute atomic E-state index is 0.135. The highest BCUT2D eigenvalue weighted by atomic mass is 16.2. The van der Waals surface area contributed by atoms with Crippen LogP contribution in [0.15, 0.2) is 0 Å². The summed E-state index contributed by atoms with van der Waals surface area (Å²) in [6.07, 6.45) is 5.77. The van der Waals surface area contributed by atoms with Crippen molar-refractivity contribution in [3.8, 4) is 0 Å². The van der Waals surface area contributed by atoms with Crippen LogP contribution >= 0.6 is 0 Å². The van der Waals surface area contributed by atoms with E-state index in [0.717, 1.165) is 25.7 Å². The number of carbonyl (C=O) groups is 2. The smallest absolute Gasteiger partial charge is 0.220 e. The highest BCUT2D eigenvalue weighted by Gasteiger charge is 2.20. The Bertz CT molecular complexity index is 213. The molecule has 80 valence electrons. The predicted molar refractivity (Wildman–Crippen MR) is 54.9 cm³/mol. The molecule has 3 heteroatoms. The van der Waals surface area contributed by atoms with Gasteiger partial charge in [0.25, 0.3) is 0 Å². The molecule has 1 saturated heterocycles. The lowest BCUT2D eigenvalue weighted by molar-refractivity contribution is -0.121. The van der Waals surface area contributed by atoms with E-state index in [4.69, 9.17) is 0 Å². The Morgan fingerprint density at radius 2 is 2.29 bits per heavy atom. The zero-order chi connectivity index (χ0) is 10.4. The number of nitrogens with one attached hydrogen (secondary N) is 1. The first kappa shape index (κ1) is 11.2. The van der Waals surface area contributed by atoms with Crippen LogP contribution in [-0.2, 0) is 9.59 Å². The van der Waals surface area contributed by atoms with E-state index in [1.807, 2.05) is 0 Å². The van der Waals surface area contributed by atoms with Crippen molar-refractivity contribution in [2.24, 2.45) is 0 Å². The summed E-state index contributed by atoms with van der Waals surface area (Å²) in [4.78, 5) is 22.2. The third kappa shape index (κ3) is 3.90. The average Bonchev–Trinajstić information content (AvgIpc) is 2.58. The van der Waals surface area contributed by atoms with E-state index in [0.29, 0.717) is 25.0 Å². The predicted octanol–water partition coefficient (Wildman–Crippen LogP) is 1.80. The number of unbranched alkanes of at least 4 members (excludes halogenated alkanes) is 1. The van der Waals surface area contributed by atoms with E-state index < -0.39 is 0 Å². The molecule has 3 nitrogen and oxygen atoms in total. The van der Waals surface area contributed by atoms with Crippen molar-refractivity contribution in [3.05, 3.63) is 0 Å². The molecule has 0 bridgehead atoms. The van der Waals surface area contributed by atoms with Crippen molar-refractivity contribution in [1.29, 1.82) is 0 Å². The van der Waals surface area contributed by atoms with Gasteiger partial charge in [-0.25, -0.2) is 0 Å². The Labute approximate surface area is 85.3 Å². The van der Waals surface area contributed by atoms with Gasteiger partial charge in [0.1, 0.15) is 5.78 Å². The Kier molecular flexibility index (Phi) is 4.63. The standard InChI is InChI=1S/C11H19NO2/c1-2-3-4-10(13)7-5-9-6-8-11(14)12-9/h9H,2-8H2,1H3,(H,12,14). The summed E-state index contributed by atoms with van der Waals surface area (Å²) in [6, 6.07) is 0.257. The van der Waals surface area contributed by atoms with Gasteiger partial charge in [0.15, 0.2) is 0 Å². The number of hydrogen-bond acceptors (Lipinski definition) is 2. The lowest BCUT2D eigenvalue weighted by Gasteiger charge is -2.08. The number of rotatable bonds is 6. The van der Waals surface area contributed by atoms with Gasteiger partial charge in [-0.1, -0.05) is 13.3 Å². The highest BCUT2D eigenvalue weighted by molar-refractivity contribution is 5.80. The Hall–Kier alpha value is -0.860. The molecule has 1 aliphatic rings. The van der Waals surface area contributed by atoms with E-state index >= 15 is 0 Å². The molecule has 0 aromatic carbocycles. The molecular weight excluding hydrogens is 178 g/mol. The number of Topliss-reactive ketones (excluding diaryl/α,β-unsaturated/α-hetero) is 1. The Balaban J connectivity index is 2.08. The van der Waals surface area contributed by atoms with Gasteiger partial charge in [-0.2, -0.15) is 0 Å². The van der Waals surface area contributed by atoms with Crippen LogP contribution in [0.2, 0.25) is 0 Å². The zero-order valence-electron chi connectivity index (χ0n) is 8.84. The van der Waals surface area contributed by atoms with E-state index in [2.05, 4.69) is 12.2 Å². The molecule has 0 aliphatic carbocycles. The monoisotopic (exact) mass is 197 g/mol. The summed E-state index contributed by atoms with van der Waals surface area (Å²) in [6.45, 7) is 2.09. The van der Waals surface area contributed by atoms with Crippen LogP contribution in [0, 0.1) is 0 Å². The minimum Gasteiger partial charge on any atom is -0.353 e. The molecule has 0 spiro atoms. The van der Waals surface area contributed by atoms with Crippen LogP contribution in [0.25, 0.3) is 0 Å². The fourth-order valence-electron chi connectivity index (χ4n) is 1.73. The van der Waals surface area contributed by atoms with Gasteiger partial charge in [0.2, 0.25) is 5.91 Å². The van der Waals surface area contributed by atoms with Crippen LogP contribution in [-0.4, -0.2) is 17.7 Å². The topological polar surface area (TPSA) is 46.2 Å². The molecular formula is C11H19NO2. The van der Waals surface area contributed by atoms with Gasteiger partial charge < -0.3 is 5.32 Å². The maximum atomic E-state index is 11.3. The van der Waals surface area contributed by atoms with Crippen LogP contribution in [0.1, 0.15) is 51.9 Å². The second kappa shape index (κ2) is 5.78. The maximum Gasteiger partial charge on any atom is 0.220 e. The lowest BCUT2D eigenvalue weighted by Crippen LogP contribution is -2.25. The molecule has 1 fully saturated rings. The highest BCUT2D eigenvalue weighted by Crippen LogP contribution is 2.13. The van der Waals surface area contributed by atoms with Crippen molar-refractivity contribution in [2.75, 3.05) is 0 Å². The van der Waals surface area contributed by atoms with Crippen molar-refractivity contribution >= 4 is 11.7 Å². The van der Waals surface area contributed by atoms with Gasteiger partial charge in [-0.3, -0.25) is 9.59 Å². The normalized spacial score (nSPS) is 20.9. The summed E-state index contributed by atoms with van der Waals surface area (Å²) >= 11 is 0. The molecule has 1 rings (SSSR count). The number of hydrogen-bond donors (Lipinski definition) is 1. The first-order chi connectivity index (χ1) is 6.72. The molecule has 1 aliphatic heterocycles. The van der Waals surface area contributed by atoms with E-state index in [1.54, 1.807) is 0 Å². The molecule has 0 aromatic heterocycles. The van der Waals surface area contributed by atoms with Gasteiger partial charge in [-0.05, 0) is 19.3 Å². The Morgan fingerprint density at radius 1 is 1.50 bits per heavy atom. The van der Waals surface area contributed by atoms with Gasteiger partial charge in [0, 0.05) is 25.3 Å². The molecule has 0 radical (unpaired) electrons. The van der Waals surface area contributed by atoms with E-state index in [9.17, 15) is 9.59 Å². The molecule has 1 unspecified atom stereocenters. The van der Waals surface area contributed by atoms with Crippen LogP contribution in [0.4, 0.5) is 0 Å². The molecule has 1 heterocycles.